The minimum absolute atomic E-state index is 0.106. The lowest BCUT2D eigenvalue weighted by Gasteiger charge is -2.21. The van der Waals surface area contributed by atoms with Crippen LogP contribution in [0.25, 0.3) is 0 Å². The zero-order valence-corrected chi connectivity index (χ0v) is 63.9. The van der Waals surface area contributed by atoms with Gasteiger partial charge in [0.25, 0.3) is 0 Å². The average Bonchev–Trinajstić information content (AvgIpc) is 1.45. The van der Waals surface area contributed by atoms with Crippen molar-refractivity contribution in [3.05, 3.63) is 0 Å². The number of phosphoric acid groups is 2. The molecule has 0 saturated carbocycles. The Hall–Kier alpha value is -1.94. The molecular weight excluding hydrogens is 1250 g/mol. The minimum Gasteiger partial charge on any atom is -0.462 e. The summed E-state index contributed by atoms with van der Waals surface area (Å²) in [7, 11) is -9.91. The van der Waals surface area contributed by atoms with Crippen molar-refractivity contribution in [2.75, 3.05) is 39.6 Å². The average molecular weight is 1400 g/mol. The molecule has 0 spiro atoms. The van der Waals surface area contributed by atoms with Gasteiger partial charge in [0.05, 0.1) is 26.4 Å². The van der Waals surface area contributed by atoms with Crippen molar-refractivity contribution < 1.29 is 80.2 Å². The van der Waals surface area contributed by atoms with Gasteiger partial charge in [-0.1, -0.05) is 337 Å². The number of ether oxygens (including phenoxy) is 4. The van der Waals surface area contributed by atoms with E-state index in [-0.39, 0.29) is 25.7 Å². The van der Waals surface area contributed by atoms with Crippen LogP contribution >= 0.6 is 15.6 Å². The molecule has 0 aromatic carbocycles. The van der Waals surface area contributed by atoms with E-state index in [0.717, 1.165) is 108 Å². The molecule has 19 heteroatoms. The van der Waals surface area contributed by atoms with Gasteiger partial charge in [0, 0.05) is 25.7 Å². The first-order valence-corrected chi connectivity index (χ1v) is 42.4. The zero-order valence-electron chi connectivity index (χ0n) is 62.1. The van der Waals surface area contributed by atoms with Crippen LogP contribution in [0.15, 0.2) is 0 Å². The number of aliphatic hydroxyl groups excluding tert-OH is 1. The van der Waals surface area contributed by atoms with Crippen molar-refractivity contribution in [2.24, 2.45) is 17.8 Å². The first-order chi connectivity index (χ1) is 45.8. The fourth-order valence-electron chi connectivity index (χ4n) is 11.6. The van der Waals surface area contributed by atoms with Crippen molar-refractivity contribution in [3.8, 4) is 0 Å². The van der Waals surface area contributed by atoms with E-state index in [1.807, 2.05) is 0 Å². The van der Waals surface area contributed by atoms with Crippen LogP contribution in [-0.2, 0) is 65.4 Å². The number of aliphatic hydroxyl groups is 1. The molecule has 0 rings (SSSR count). The van der Waals surface area contributed by atoms with Crippen molar-refractivity contribution in [1.29, 1.82) is 0 Å². The molecule has 0 aromatic rings. The highest BCUT2D eigenvalue weighted by molar-refractivity contribution is 7.47. The molecule has 0 amide bonds. The Bertz CT molecular complexity index is 1850. The van der Waals surface area contributed by atoms with Crippen molar-refractivity contribution >= 4 is 39.5 Å². The highest BCUT2D eigenvalue weighted by Crippen LogP contribution is 2.45. The van der Waals surface area contributed by atoms with Crippen molar-refractivity contribution in [2.45, 2.75) is 407 Å². The van der Waals surface area contributed by atoms with Crippen LogP contribution in [0.1, 0.15) is 389 Å². The van der Waals surface area contributed by atoms with Crippen molar-refractivity contribution in [1.82, 2.24) is 0 Å². The zero-order chi connectivity index (χ0) is 70.1. The van der Waals surface area contributed by atoms with Gasteiger partial charge in [-0.3, -0.25) is 37.3 Å². The molecule has 0 aromatic heterocycles. The van der Waals surface area contributed by atoms with Gasteiger partial charge in [-0.2, -0.15) is 0 Å². The molecule has 0 aliphatic heterocycles. The molecule has 564 valence electrons. The van der Waals surface area contributed by atoms with Gasteiger partial charge >= 0.3 is 39.5 Å². The summed E-state index contributed by atoms with van der Waals surface area (Å²) in [6.07, 6.45) is 52.7. The molecule has 0 bridgehead atoms. The molecule has 17 nitrogen and oxygen atoms in total. The highest BCUT2D eigenvalue weighted by Gasteiger charge is 2.30. The summed E-state index contributed by atoms with van der Waals surface area (Å²) in [4.78, 5) is 72.8. The lowest BCUT2D eigenvalue weighted by molar-refractivity contribution is -0.161. The second-order valence-corrected chi connectivity index (χ2v) is 31.5. The second kappa shape index (κ2) is 66.6. The third kappa shape index (κ3) is 69.0. The predicted molar refractivity (Wildman–Crippen MR) is 386 cm³/mol. The number of hydrogen-bond donors (Lipinski definition) is 3. The van der Waals surface area contributed by atoms with Crippen molar-refractivity contribution in [3.63, 3.8) is 0 Å². The maximum atomic E-state index is 13.1. The largest absolute Gasteiger partial charge is 0.472 e. The molecule has 0 aliphatic rings. The SMILES string of the molecule is CCCCCCCCCCCCCCC(=O)O[C@H](COC(=O)CCCCCCCCC(C)C)COP(=O)(O)OC[C@H](O)COP(=O)(O)OC[C@@H](COC(=O)CCCCCCCCCCCCCCCC(C)C)OC(=O)CCCCCCCCCCCCCCCCC(C)CC. The fourth-order valence-corrected chi connectivity index (χ4v) is 13.1. The number of carbonyl (C=O) groups excluding carboxylic acids is 4. The van der Waals surface area contributed by atoms with Gasteiger partial charge < -0.3 is 33.8 Å². The Morgan fingerprint density at radius 3 is 0.800 bits per heavy atom. The summed E-state index contributed by atoms with van der Waals surface area (Å²) >= 11 is 0. The van der Waals surface area contributed by atoms with E-state index >= 15 is 0 Å². The Morgan fingerprint density at radius 1 is 0.305 bits per heavy atom. The van der Waals surface area contributed by atoms with Crippen LogP contribution in [0.4, 0.5) is 0 Å². The minimum atomic E-state index is -4.96. The van der Waals surface area contributed by atoms with Crippen LogP contribution in [0.5, 0.6) is 0 Å². The number of unbranched alkanes of at least 4 members (excludes halogenated alkanes) is 41. The predicted octanol–water partition coefficient (Wildman–Crippen LogP) is 22.2. The quantitative estimate of drug-likeness (QED) is 0.0222. The molecule has 6 atom stereocenters. The van der Waals surface area contributed by atoms with Crippen LogP contribution < -0.4 is 0 Å². The summed E-state index contributed by atoms with van der Waals surface area (Å²) in [5.41, 5.74) is 0. The van der Waals surface area contributed by atoms with Crippen LogP contribution in [0.2, 0.25) is 0 Å². The topological polar surface area (TPSA) is 237 Å². The fraction of sp³-hybridized carbons (Fsp3) is 0.947. The lowest BCUT2D eigenvalue weighted by Crippen LogP contribution is -2.30. The Morgan fingerprint density at radius 2 is 0.537 bits per heavy atom. The van der Waals surface area contributed by atoms with Gasteiger partial charge in [0.15, 0.2) is 12.2 Å². The summed E-state index contributed by atoms with van der Waals surface area (Å²) in [5.74, 6) is 0.198. The molecule has 3 N–H and O–H groups in total. The first kappa shape index (κ1) is 93.1. The molecule has 0 saturated heterocycles. The third-order valence-corrected chi connectivity index (χ3v) is 19.9. The Balaban J connectivity index is 5.23. The number of phosphoric ester groups is 2. The normalized spacial score (nSPS) is 14.4. The number of hydrogen-bond acceptors (Lipinski definition) is 15. The van der Waals surface area contributed by atoms with E-state index in [4.69, 9.17) is 37.0 Å². The van der Waals surface area contributed by atoms with E-state index < -0.39 is 97.5 Å². The van der Waals surface area contributed by atoms with Gasteiger partial charge in [-0.05, 0) is 43.4 Å². The Kier molecular flexibility index (Phi) is 65.2. The number of carbonyl (C=O) groups is 4. The molecule has 0 fully saturated rings. The van der Waals surface area contributed by atoms with Gasteiger partial charge in [0.2, 0.25) is 0 Å². The summed E-state index contributed by atoms with van der Waals surface area (Å²) in [6, 6.07) is 0. The van der Waals surface area contributed by atoms with Crippen LogP contribution in [0, 0.1) is 17.8 Å². The highest BCUT2D eigenvalue weighted by atomic mass is 31.2. The van der Waals surface area contributed by atoms with E-state index in [2.05, 4.69) is 48.5 Å². The standard InChI is InChI=1S/C76H148O17P2/c1-8-10-11-12-13-14-15-25-31-36-45-52-59-75(80)93-72(64-87-74(79)58-51-44-39-38-41-48-55-68(5)6)66-91-95(84,85)89-62-70(77)61-88-94(82,83)90-65-71(63-86-73(78)57-50-43-35-30-26-22-18-19-23-28-33-40-47-54-67(3)4)92-76(81)60-53-46-37-32-27-21-17-16-20-24-29-34-42-49-56-69(7)9-2/h67-72,77H,8-66H2,1-7H3,(H,82,83)(H,84,85)/t69?,70-,71-,72-/m1/s1. The van der Waals surface area contributed by atoms with Gasteiger partial charge in [0.1, 0.15) is 19.3 Å². The first-order valence-electron chi connectivity index (χ1n) is 39.4. The molecule has 0 aliphatic carbocycles. The maximum Gasteiger partial charge on any atom is 0.472 e. The van der Waals surface area contributed by atoms with Gasteiger partial charge in [-0.15, -0.1) is 0 Å². The molecule has 0 radical (unpaired) electrons. The Labute approximate surface area is 581 Å². The van der Waals surface area contributed by atoms with E-state index in [1.165, 1.54) is 193 Å². The summed E-state index contributed by atoms with van der Waals surface area (Å²) in [6.45, 7) is 11.9. The smallest absolute Gasteiger partial charge is 0.462 e. The lowest BCUT2D eigenvalue weighted by atomic mass is 9.99. The van der Waals surface area contributed by atoms with E-state index in [1.54, 1.807) is 0 Å². The van der Waals surface area contributed by atoms with E-state index in [0.29, 0.717) is 31.6 Å². The molecular formula is C76H148O17P2. The van der Waals surface area contributed by atoms with Crippen LogP contribution in [-0.4, -0.2) is 96.7 Å². The van der Waals surface area contributed by atoms with Crippen LogP contribution in [0.3, 0.4) is 0 Å². The number of esters is 4. The molecule has 95 heavy (non-hydrogen) atoms. The molecule has 3 unspecified atom stereocenters. The maximum absolute atomic E-state index is 13.1. The third-order valence-electron chi connectivity index (χ3n) is 18.0. The summed E-state index contributed by atoms with van der Waals surface area (Å²) < 4.78 is 68.5. The monoisotopic (exact) mass is 1400 g/mol. The second-order valence-electron chi connectivity index (χ2n) is 28.6. The van der Waals surface area contributed by atoms with Gasteiger partial charge in [-0.25, -0.2) is 9.13 Å². The van der Waals surface area contributed by atoms with E-state index in [9.17, 15) is 43.2 Å². The number of rotatable bonds is 74. The molecule has 0 heterocycles. The summed E-state index contributed by atoms with van der Waals surface area (Å²) in [5, 5.41) is 10.6.